The molecule has 1 amide bonds. The quantitative estimate of drug-likeness (QED) is 0.534. The molecule has 0 saturated carbocycles. The van der Waals surface area contributed by atoms with Gasteiger partial charge in [-0.15, -0.1) is 0 Å². The smallest absolute Gasteiger partial charge is 0.265 e. The summed E-state index contributed by atoms with van der Waals surface area (Å²) in [7, 11) is -1.86. The van der Waals surface area contributed by atoms with Gasteiger partial charge in [-0.05, 0) is 55.5 Å². The molecule has 3 rings (SSSR count). The molecule has 0 aliphatic rings. The van der Waals surface area contributed by atoms with Crippen LogP contribution in [-0.2, 0) is 14.8 Å². The molecular weight excluding hydrogens is 432 g/mol. The van der Waals surface area contributed by atoms with Gasteiger partial charge in [-0.25, -0.2) is 8.42 Å². The Labute approximate surface area is 187 Å². The van der Waals surface area contributed by atoms with Crippen molar-refractivity contribution in [3.05, 3.63) is 78.9 Å². The number of anilines is 2. The van der Waals surface area contributed by atoms with E-state index in [1.807, 2.05) is 54.6 Å². The molecular formula is C23H24N2O4S2. The van der Waals surface area contributed by atoms with Crippen molar-refractivity contribution >= 4 is 39.1 Å². The van der Waals surface area contributed by atoms with Crippen LogP contribution in [0.2, 0.25) is 0 Å². The minimum absolute atomic E-state index is 0.279. The molecule has 8 heteroatoms. The van der Waals surface area contributed by atoms with E-state index in [2.05, 4.69) is 5.32 Å². The molecule has 0 spiro atoms. The Morgan fingerprint density at radius 2 is 1.58 bits per heavy atom. The number of nitrogens with one attached hydrogen (secondary N) is 1. The standard InChI is InChI=1S/C23H24N2O4S2/c1-17(29-19-15-13-18(14-16-19)25(2)31(3,27)28)23(26)24-21-11-7-8-12-22(21)30-20-9-5-4-6-10-20/h4-17H,1-3H3,(H,24,26)/t17-/m1/s1. The third-order valence-electron chi connectivity index (χ3n) is 4.50. The molecule has 0 aliphatic heterocycles. The maximum atomic E-state index is 12.7. The lowest BCUT2D eigenvalue weighted by molar-refractivity contribution is -0.122. The van der Waals surface area contributed by atoms with Crippen molar-refractivity contribution in [3.63, 3.8) is 0 Å². The monoisotopic (exact) mass is 456 g/mol. The second-order valence-electron chi connectivity index (χ2n) is 6.88. The number of ether oxygens (including phenoxy) is 1. The Kier molecular flexibility index (Phi) is 7.25. The third-order valence-corrected chi connectivity index (χ3v) is 6.79. The molecule has 6 nitrogen and oxygen atoms in total. The lowest BCUT2D eigenvalue weighted by Gasteiger charge is -2.19. The van der Waals surface area contributed by atoms with Crippen LogP contribution in [0.4, 0.5) is 11.4 Å². The maximum absolute atomic E-state index is 12.7. The van der Waals surface area contributed by atoms with Crippen molar-refractivity contribution in [1.29, 1.82) is 0 Å². The van der Waals surface area contributed by atoms with Gasteiger partial charge in [-0.2, -0.15) is 0 Å². The summed E-state index contributed by atoms with van der Waals surface area (Å²) in [6.07, 6.45) is 0.394. The number of sulfonamides is 1. The van der Waals surface area contributed by atoms with Gasteiger partial charge < -0.3 is 10.1 Å². The van der Waals surface area contributed by atoms with Crippen molar-refractivity contribution in [3.8, 4) is 5.75 Å². The highest BCUT2D eigenvalue weighted by Crippen LogP contribution is 2.33. The molecule has 3 aromatic rings. The summed E-state index contributed by atoms with van der Waals surface area (Å²) in [6, 6.07) is 24.1. The zero-order chi connectivity index (χ0) is 22.4. The highest BCUT2D eigenvalue weighted by atomic mass is 32.2. The highest BCUT2D eigenvalue weighted by Gasteiger charge is 2.17. The summed E-state index contributed by atoms with van der Waals surface area (Å²) >= 11 is 1.57. The Bertz CT molecular complexity index is 1130. The van der Waals surface area contributed by atoms with Gasteiger partial charge in [-0.1, -0.05) is 42.1 Å². The second-order valence-corrected chi connectivity index (χ2v) is 10.0. The number of hydrogen-bond donors (Lipinski definition) is 1. The number of nitrogens with zero attached hydrogens (tertiary/aromatic N) is 1. The topological polar surface area (TPSA) is 75.7 Å². The second kappa shape index (κ2) is 9.89. The molecule has 0 radical (unpaired) electrons. The Morgan fingerprint density at radius 3 is 2.23 bits per heavy atom. The van der Waals surface area contributed by atoms with Gasteiger partial charge >= 0.3 is 0 Å². The third kappa shape index (κ3) is 6.26. The van der Waals surface area contributed by atoms with E-state index in [0.717, 1.165) is 16.0 Å². The highest BCUT2D eigenvalue weighted by molar-refractivity contribution is 7.99. The van der Waals surface area contributed by atoms with Gasteiger partial charge in [0.2, 0.25) is 10.0 Å². The summed E-state index contributed by atoms with van der Waals surface area (Å²) in [5, 5.41) is 2.93. The van der Waals surface area contributed by atoms with Crippen LogP contribution in [0.3, 0.4) is 0 Å². The van der Waals surface area contributed by atoms with Crippen LogP contribution in [0.15, 0.2) is 88.7 Å². The molecule has 3 aromatic carbocycles. The van der Waals surface area contributed by atoms with E-state index in [9.17, 15) is 13.2 Å². The molecule has 0 bridgehead atoms. The van der Waals surface area contributed by atoms with Crippen molar-refractivity contribution < 1.29 is 17.9 Å². The number of hydrogen-bond acceptors (Lipinski definition) is 5. The van der Waals surface area contributed by atoms with Crippen LogP contribution in [-0.4, -0.2) is 33.7 Å². The zero-order valence-corrected chi connectivity index (χ0v) is 19.1. The average Bonchev–Trinajstić information content (AvgIpc) is 2.75. The zero-order valence-electron chi connectivity index (χ0n) is 17.5. The Hall–Kier alpha value is -2.97. The fraction of sp³-hybridized carbons (Fsp3) is 0.174. The number of carbonyl (C=O) groups is 1. The van der Waals surface area contributed by atoms with Crippen LogP contribution in [0.5, 0.6) is 5.75 Å². The first-order valence-corrected chi connectivity index (χ1v) is 12.2. The van der Waals surface area contributed by atoms with Crippen molar-refractivity contribution in [2.24, 2.45) is 0 Å². The van der Waals surface area contributed by atoms with E-state index in [-0.39, 0.29) is 5.91 Å². The van der Waals surface area contributed by atoms with Gasteiger partial charge in [0.1, 0.15) is 5.75 Å². The predicted octanol–water partition coefficient (Wildman–Crippen LogP) is 4.64. The van der Waals surface area contributed by atoms with Crippen LogP contribution in [0.25, 0.3) is 0 Å². The molecule has 162 valence electrons. The summed E-state index contributed by atoms with van der Waals surface area (Å²) in [5.41, 5.74) is 1.22. The predicted molar refractivity (Wildman–Crippen MR) is 125 cm³/mol. The minimum atomic E-state index is -3.34. The van der Waals surface area contributed by atoms with Crippen molar-refractivity contribution in [2.45, 2.75) is 22.8 Å². The van der Waals surface area contributed by atoms with Crippen LogP contribution in [0.1, 0.15) is 6.92 Å². The SMILES string of the molecule is C[C@@H](Oc1ccc(N(C)S(C)(=O)=O)cc1)C(=O)Nc1ccccc1Sc1ccccc1. The van der Waals surface area contributed by atoms with E-state index < -0.39 is 16.1 Å². The lowest BCUT2D eigenvalue weighted by atomic mass is 10.2. The number of carbonyl (C=O) groups excluding carboxylic acids is 1. The summed E-state index contributed by atoms with van der Waals surface area (Å²) in [6.45, 7) is 1.67. The van der Waals surface area contributed by atoms with Gasteiger partial charge in [0.15, 0.2) is 6.10 Å². The van der Waals surface area contributed by atoms with E-state index in [1.165, 1.54) is 11.4 Å². The molecule has 0 aromatic heterocycles. The van der Waals surface area contributed by atoms with E-state index in [0.29, 0.717) is 17.1 Å². The maximum Gasteiger partial charge on any atom is 0.265 e. The van der Waals surface area contributed by atoms with Crippen molar-refractivity contribution in [1.82, 2.24) is 0 Å². The molecule has 31 heavy (non-hydrogen) atoms. The van der Waals surface area contributed by atoms with Gasteiger partial charge in [0.05, 0.1) is 17.6 Å². The fourth-order valence-electron chi connectivity index (χ4n) is 2.69. The van der Waals surface area contributed by atoms with E-state index in [1.54, 1.807) is 43.0 Å². The first-order valence-electron chi connectivity index (χ1n) is 9.57. The first kappa shape index (κ1) is 22.7. The summed E-state index contributed by atoms with van der Waals surface area (Å²) in [5.74, 6) is 0.193. The molecule has 1 N–H and O–H groups in total. The summed E-state index contributed by atoms with van der Waals surface area (Å²) < 4.78 is 30.2. The molecule has 0 saturated heterocycles. The number of para-hydroxylation sites is 1. The molecule has 0 unspecified atom stereocenters. The van der Waals surface area contributed by atoms with E-state index >= 15 is 0 Å². The lowest BCUT2D eigenvalue weighted by Crippen LogP contribution is -2.30. The fourth-order valence-corrected chi connectivity index (χ4v) is 4.12. The van der Waals surface area contributed by atoms with E-state index in [4.69, 9.17) is 4.74 Å². The van der Waals surface area contributed by atoms with Crippen LogP contribution < -0.4 is 14.4 Å². The molecule has 0 heterocycles. The molecule has 0 fully saturated rings. The normalized spacial score (nSPS) is 12.1. The molecule has 1 atom stereocenters. The van der Waals surface area contributed by atoms with Gasteiger partial charge in [-0.3, -0.25) is 9.10 Å². The van der Waals surface area contributed by atoms with Gasteiger partial charge in [0.25, 0.3) is 5.91 Å². The average molecular weight is 457 g/mol. The summed E-state index contributed by atoms with van der Waals surface area (Å²) in [4.78, 5) is 14.7. The number of benzene rings is 3. The van der Waals surface area contributed by atoms with Crippen molar-refractivity contribution in [2.75, 3.05) is 22.9 Å². The number of rotatable bonds is 8. The first-order chi connectivity index (χ1) is 14.7. The molecule has 0 aliphatic carbocycles. The largest absolute Gasteiger partial charge is 0.481 e. The minimum Gasteiger partial charge on any atom is -0.481 e. The Balaban J connectivity index is 1.65. The van der Waals surface area contributed by atoms with Crippen LogP contribution in [0, 0.1) is 0 Å². The Morgan fingerprint density at radius 1 is 0.968 bits per heavy atom. The number of amides is 1. The van der Waals surface area contributed by atoms with Crippen LogP contribution >= 0.6 is 11.8 Å². The van der Waals surface area contributed by atoms with Gasteiger partial charge in [0, 0.05) is 16.8 Å².